The highest BCUT2D eigenvalue weighted by atomic mass is 32.1. The summed E-state index contributed by atoms with van der Waals surface area (Å²) in [5.41, 5.74) is 0. The van der Waals surface area contributed by atoms with E-state index in [1.54, 1.807) is 0 Å². The van der Waals surface area contributed by atoms with E-state index in [1.807, 2.05) is 0 Å². The second kappa shape index (κ2) is 5.14. The fourth-order valence-corrected chi connectivity index (χ4v) is 0.966. The molecule has 60 valence electrons. The molecule has 0 aliphatic rings. The average molecular weight is 176 g/mol. The van der Waals surface area contributed by atoms with Gasteiger partial charge in [0, 0.05) is 5.25 Å². The molecule has 0 aromatic rings. The lowest BCUT2D eigenvalue weighted by Crippen LogP contribution is -1.94. The molecule has 0 heterocycles. The summed E-state index contributed by atoms with van der Waals surface area (Å²) < 4.78 is 0. The smallest absolute Gasteiger partial charge is 0.0204 e. The first-order chi connectivity index (χ1) is 4.57. The lowest BCUT2D eigenvalue weighted by Gasteiger charge is -2.06. The zero-order chi connectivity index (χ0) is 8.15. The predicted molar refractivity (Wildman–Crippen MR) is 55.0 cm³/mol. The molecular formula is C8H16S2. The average Bonchev–Trinajstić information content (AvgIpc) is 1.87. The lowest BCUT2D eigenvalue weighted by molar-refractivity contribution is 0.808. The SMILES string of the molecule is CCC(S)C=C(S)C(C)C. The van der Waals surface area contributed by atoms with Crippen molar-refractivity contribution in [2.45, 2.75) is 32.4 Å². The minimum atomic E-state index is 0.370. The van der Waals surface area contributed by atoms with Crippen molar-refractivity contribution in [1.82, 2.24) is 0 Å². The maximum atomic E-state index is 4.34. The van der Waals surface area contributed by atoms with Crippen LogP contribution in [0.1, 0.15) is 27.2 Å². The molecule has 0 nitrogen and oxygen atoms in total. The van der Waals surface area contributed by atoms with E-state index in [1.165, 1.54) is 0 Å². The first-order valence-corrected chi connectivity index (χ1v) is 4.63. The van der Waals surface area contributed by atoms with Crippen LogP contribution < -0.4 is 0 Å². The van der Waals surface area contributed by atoms with Crippen molar-refractivity contribution in [2.75, 3.05) is 0 Å². The predicted octanol–water partition coefficient (Wildman–Crippen LogP) is 3.16. The molecule has 0 aliphatic carbocycles. The van der Waals surface area contributed by atoms with Crippen LogP contribution in [0.5, 0.6) is 0 Å². The number of hydrogen-bond acceptors (Lipinski definition) is 2. The first kappa shape index (κ1) is 10.4. The molecule has 0 bridgehead atoms. The molecule has 0 aliphatic heterocycles. The van der Waals surface area contributed by atoms with Crippen LogP contribution >= 0.6 is 25.3 Å². The molecule has 1 unspecified atom stereocenters. The van der Waals surface area contributed by atoms with Crippen molar-refractivity contribution < 1.29 is 0 Å². The minimum absolute atomic E-state index is 0.370. The van der Waals surface area contributed by atoms with Crippen LogP contribution in [-0.4, -0.2) is 5.25 Å². The van der Waals surface area contributed by atoms with E-state index in [0.717, 1.165) is 11.3 Å². The van der Waals surface area contributed by atoms with E-state index in [2.05, 4.69) is 52.1 Å². The Kier molecular flexibility index (Phi) is 5.36. The zero-order valence-corrected chi connectivity index (χ0v) is 8.62. The number of hydrogen-bond donors (Lipinski definition) is 2. The van der Waals surface area contributed by atoms with Crippen molar-refractivity contribution >= 4 is 25.3 Å². The fraction of sp³-hybridized carbons (Fsp3) is 0.750. The Labute approximate surface area is 74.9 Å². The largest absolute Gasteiger partial charge is 0.172 e. The van der Waals surface area contributed by atoms with Crippen LogP contribution in [0.15, 0.2) is 11.0 Å². The zero-order valence-electron chi connectivity index (χ0n) is 6.83. The van der Waals surface area contributed by atoms with Crippen molar-refractivity contribution in [1.29, 1.82) is 0 Å². The topological polar surface area (TPSA) is 0 Å². The Morgan fingerprint density at radius 2 is 2.00 bits per heavy atom. The summed E-state index contributed by atoms with van der Waals surface area (Å²) in [4.78, 5) is 1.14. The van der Waals surface area contributed by atoms with Gasteiger partial charge in [-0.05, 0) is 17.2 Å². The third kappa shape index (κ3) is 4.29. The summed E-state index contributed by atoms with van der Waals surface area (Å²) in [6.45, 7) is 6.39. The quantitative estimate of drug-likeness (QED) is 0.606. The number of thiol groups is 2. The van der Waals surface area contributed by atoms with E-state index in [0.29, 0.717) is 11.2 Å². The molecule has 0 rings (SSSR count). The Morgan fingerprint density at radius 3 is 2.30 bits per heavy atom. The van der Waals surface area contributed by atoms with Gasteiger partial charge in [0.15, 0.2) is 0 Å². The van der Waals surface area contributed by atoms with Gasteiger partial charge in [-0.1, -0.05) is 26.8 Å². The van der Waals surface area contributed by atoms with Crippen LogP contribution in [0.4, 0.5) is 0 Å². The molecule has 1 atom stereocenters. The third-order valence-electron chi connectivity index (χ3n) is 1.37. The molecule has 0 fully saturated rings. The number of rotatable bonds is 3. The van der Waals surface area contributed by atoms with Gasteiger partial charge in [0.2, 0.25) is 0 Å². The van der Waals surface area contributed by atoms with Gasteiger partial charge in [-0.15, -0.1) is 12.6 Å². The maximum absolute atomic E-state index is 4.34. The van der Waals surface area contributed by atoms with Crippen molar-refractivity contribution in [2.24, 2.45) is 5.92 Å². The van der Waals surface area contributed by atoms with Gasteiger partial charge in [0.25, 0.3) is 0 Å². The van der Waals surface area contributed by atoms with E-state index < -0.39 is 0 Å². The van der Waals surface area contributed by atoms with E-state index in [-0.39, 0.29) is 0 Å². The highest BCUT2D eigenvalue weighted by Gasteiger charge is 1.99. The maximum Gasteiger partial charge on any atom is 0.0204 e. The minimum Gasteiger partial charge on any atom is -0.172 e. The molecule has 0 N–H and O–H groups in total. The second-order valence-corrected chi connectivity index (χ2v) is 3.90. The molecule has 0 aromatic carbocycles. The van der Waals surface area contributed by atoms with Crippen LogP contribution in [0.25, 0.3) is 0 Å². The molecule has 0 spiro atoms. The van der Waals surface area contributed by atoms with Crippen LogP contribution in [0.3, 0.4) is 0 Å². The highest BCUT2D eigenvalue weighted by molar-refractivity contribution is 7.84. The van der Waals surface area contributed by atoms with Crippen molar-refractivity contribution in [3.63, 3.8) is 0 Å². The highest BCUT2D eigenvalue weighted by Crippen LogP contribution is 2.16. The van der Waals surface area contributed by atoms with Gasteiger partial charge in [-0.25, -0.2) is 0 Å². The van der Waals surface area contributed by atoms with E-state index >= 15 is 0 Å². The van der Waals surface area contributed by atoms with Crippen LogP contribution in [0, 0.1) is 5.92 Å². The summed E-state index contributed by atoms with van der Waals surface area (Å²) in [5.74, 6) is 0.532. The Hall–Kier alpha value is 0.440. The number of allylic oxidation sites excluding steroid dienone is 1. The Balaban J connectivity index is 3.89. The third-order valence-corrected chi connectivity index (χ3v) is 2.55. The van der Waals surface area contributed by atoms with E-state index in [4.69, 9.17) is 0 Å². The van der Waals surface area contributed by atoms with E-state index in [9.17, 15) is 0 Å². The fourth-order valence-electron chi connectivity index (χ4n) is 0.507. The normalized spacial score (nSPS) is 16.0. The summed E-state index contributed by atoms with van der Waals surface area (Å²) >= 11 is 8.67. The molecule has 10 heavy (non-hydrogen) atoms. The van der Waals surface area contributed by atoms with Crippen LogP contribution in [-0.2, 0) is 0 Å². The first-order valence-electron chi connectivity index (χ1n) is 3.66. The molecule has 0 aromatic heterocycles. The molecule has 2 heteroatoms. The van der Waals surface area contributed by atoms with Crippen molar-refractivity contribution in [3.8, 4) is 0 Å². The summed E-state index contributed by atoms with van der Waals surface area (Å²) in [7, 11) is 0. The Morgan fingerprint density at radius 1 is 1.50 bits per heavy atom. The van der Waals surface area contributed by atoms with Gasteiger partial charge < -0.3 is 0 Å². The standard InChI is InChI=1S/C8H16S2/c1-4-7(9)5-8(10)6(2)3/h5-7,9-10H,4H2,1-3H3. The Bertz CT molecular complexity index is 116. The van der Waals surface area contributed by atoms with Gasteiger partial charge >= 0.3 is 0 Å². The lowest BCUT2D eigenvalue weighted by atomic mass is 10.2. The molecule has 0 saturated carbocycles. The molecule has 0 radical (unpaired) electrons. The van der Waals surface area contributed by atoms with Gasteiger partial charge in [-0.2, -0.15) is 12.6 Å². The monoisotopic (exact) mass is 176 g/mol. The summed E-state index contributed by atoms with van der Waals surface area (Å²) in [6, 6.07) is 0. The molecule has 0 amide bonds. The second-order valence-electron chi connectivity index (χ2n) is 2.72. The molecular weight excluding hydrogens is 160 g/mol. The summed E-state index contributed by atoms with van der Waals surface area (Å²) in [5, 5.41) is 0.370. The molecule has 0 saturated heterocycles. The van der Waals surface area contributed by atoms with Gasteiger partial charge in [0.05, 0.1) is 0 Å². The van der Waals surface area contributed by atoms with Gasteiger partial charge in [-0.3, -0.25) is 0 Å². The van der Waals surface area contributed by atoms with Crippen molar-refractivity contribution in [3.05, 3.63) is 11.0 Å². The van der Waals surface area contributed by atoms with Gasteiger partial charge in [0.1, 0.15) is 0 Å². The van der Waals surface area contributed by atoms with Crippen LogP contribution in [0.2, 0.25) is 0 Å². The summed E-state index contributed by atoms with van der Waals surface area (Å²) in [6.07, 6.45) is 3.18.